The van der Waals surface area contributed by atoms with Crippen LogP contribution < -0.4 is 10.1 Å². The van der Waals surface area contributed by atoms with Gasteiger partial charge in [-0.1, -0.05) is 18.2 Å². The van der Waals surface area contributed by atoms with Crippen molar-refractivity contribution in [2.75, 3.05) is 11.9 Å². The van der Waals surface area contributed by atoms with Crippen molar-refractivity contribution >= 4 is 17.4 Å². The van der Waals surface area contributed by atoms with Crippen molar-refractivity contribution in [2.45, 2.75) is 36.5 Å². The van der Waals surface area contributed by atoms with Crippen LogP contribution in [0.5, 0.6) is 5.88 Å². The summed E-state index contributed by atoms with van der Waals surface area (Å²) in [7, 11) is 0. The summed E-state index contributed by atoms with van der Waals surface area (Å²) in [5.74, 6) is 0.688. The number of aromatic nitrogens is 1. The first-order valence-corrected chi connectivity index (χ1v) is 8.20. The number of nitrogens with one attached hydrogen (secondary N) is 1. The predicted octanol–water partition coefficient (Wildman–Crippen LogP) is 4.00. The van der Waals surface area contributed by atoms with Crippen molar-refractivity contribution in [3.05, 3.63) is 48.2 Å². The second-order valence-corrected chi connectivity index (χ2v) is 6.80. The molecule has 0 radical (unpaired) electrons. The molecular formula is C17H20N2OS. The Morgan fingerprint density at radius 1 is 1.29 bits per heavy atom. The number of pyridine rings is 1. The summed E-state index contributed by atoms with van der Waals surface area (Å²) < 4.78 is 5.74. The Hall–Kier alpha value is -1.68. The second kappa shape index (κ2) is 6.39. The molecule has 1 unspecified atom stereocenters. The molecule has 21 heavy (non-hydrogen) atoms. The van der Waals surface area contributed by atoms with Crippen LogP contribution in [0.1, 0.15) is 19.4 Å². The minimum Gasteiger partial charge on any atom is -0.473 e. The number of fused-ring (bicyclic) bond motifs is 1. The SMILES string of the molecule is CC(C)Oc1ncccc1NCC1Cc2ccccc2S1. The minimum absolute atomic E-state index is 0.130. The number of thioether (sulfide) groups is 1. The molecule has 2 aromatic rings. The first kappa shape index (κ1) is 14.3. The van der Waals surface area contributed by atoms with Crippen molar-refractivity contribution < 1.29 is 4.74 Å². The van der Waals surface area contributed by atoms with Gasteiger partial charge >= 0.3 is 0 Å². The first-order valence-electron chi connectivity index (χ1n) is 7.32. The predicted molar refractivity (Wildman–Crippen MR) is 88.3 cm³/mol. The summed E-state index contributed by atoms with van der Waals surface area (Å²) in [6, 6.07) is 12.6. The van der Waals surface area contributed by atoms with Crippen LogP contribution in [0, 0.1) is 0 Å². The van der Waals surface area contributed by atoms with Gasteiger partial charge in [0, 0.05) is 22.9 Å². The fraction of sp³-hybridized carbons (Fsp3) is 0.353. The Bertz CT molecular complexity index is 590. The number of hydrogen-bond acceptors (Lipinski definition) is 4. The molecular weight excluding hydrogens is 280 g/mol. The smallest absolute Gasteiger partial charge is 0.237 e. The maximum Gasteiger partial charge on any atom is 0.237 e. The lowest BCUT2D eigenvalue weighted by molar-refractivity contribution is 0.234. The number of rotatable bonds is 5. The number of nitrogens with zero attached hydrogens (tertiary/aromatic N) is 1. The Kier molecular flexibility index (Phi) is 4.34. The van der Waals surface area contributed by atoms with Crippen LogP contribution in [0.4, 0.5) is 5.69 Å². The molecule has 1 aromatic heterocycles. The zero-order chi connectivity index (χ0) is 14.7. The third-order valence-corrected chi connectivity index (χ3v) is 4.67. The lowest BCUT2D eigenvalue weighted by Gasteiger charge is -2.16. The van der Waals surface area contributed by atoms with E-state index in [1.807, 2.05) is 37.7 Å². The van der Waals surface area contributed by atoms with Crippen molar-refractivity contribution in [3.63, 3.8) is 0 Å². The molecule has 0 bridgehead atoms. The summed E-state index contributed by atoms with van der Waals surface area (Å²) in [5.41, 5.74) is 2.43. The van der Waals surface area contributed by atoms with Crippen LogP contribution in [0.15, 0.2) is 47.5 Å². The standard InChI is InChI=1S/C17H20N2OS/c1-12(2)20-17-15(7-5-9-18-17)19-11-14-10-13-6-3-4-8-16(13)21-14/h3-9,12,14,19H,10-11H2,1-2H3. The third-order valence-electron chi connectivity index (χ3n) is 3.35. The first-order chi connectivity index (χ1) is 10.2. The molecule has 0 saturated carbocycles. The maximum atomic E-state index is 5.74. The van der Waals surface area contributed by atoms with E-state index in [9.17, 15) is 0 Å². The largest absolute Gasteiger partial charge is 0.473 e. The van der Waals surface area contributed by atoms with Crippen molar-refractivity contribution in [1.29, 1.82) is 0 Å². The third kappa shape index (κ3) is 3.50. The molecule has 0 spiro atoms. The number of hydrogen-bond donors (Lipinski definition) is 1. The molecule has 110 valence electrons. The van der Waals surface area contributed by atoms with E-state index < -0.39 is 0 Å². The maximum absolute atomic E-state index is 5.74. The van der Waals surface area contributed by atoms with Crippen LogP contribution >= 0.6 is 11.8 Å². The highest BCUT2D eigenvalue weighted by Crippen LogP contribution is 2.37. The molecule has 0 amide bonds. The molecule has 4 heteroatoms. The van der Waals surface area contributed by atoms with Gasteiger partial charge in [-0.15, -0.1) is 11.8 Å². The number of ether oxygens (including phenoxy) is 1. The molecule has 0 fully saturated rings. The fourth-order valence-electron chi connectivity index (χ4n) is 2.43. The van der Waals surface area contributed by atoms with Crippen molar-refractivity contribution in [1.82, 2.24) is 4.98 Å². The second-order valence-electron chi connectivity index (χ2n) is 5.46. The van der Waals surface area contributed by atoms with Gasteiger partial charge in [-0.3, -0.25) is 0 Å². The van der Waals surface area contributed by atoms with E-state index >= 15 is 0 Å². The molecule has 2 heterocycles. The Balaban J connectivity index is 1.62. The highest BCUT2D eigenvalue weighted by atomic mass is 32.2. The van der Waals surface area contributed by atoms with Crippen LogP contribution in [-0.2, 0) is 6.42 Å². The minimum atomic E-state index is 0.130. The highest BCUT2D eigenvalue weighted by Gasteiger charge is 2.21. The van der Waals surface area contributed by atoms with Gasteiger partial charge < -0.3 is 10.1 Å². The van der Waals surface area contributed by atoms with Crippen molar-refractivity contribution in [3.8, 4) is 5.88 Å². The Morgan fingerprint density at radius 2 is 2.14 bits per heavy atom. The van der Waals surface area contributed by atoms with E-state index in [1.54, 1.807) is 6.20 Å². The molecule has 1 aliphatic rings. The van der Waals surface area contributed by atoms with Crippen LogP contribution in [-0.4, -0.2) is 22.9 Å². The van der Waals surface area contributed by atoms with Crippen LogP contribution in [0.25, 0.3) is 0 Å². The van der Waals surface area contributed by atoms with Gasteiger partial charge in [-0.05, 0) is 44.0 Å². The monoisotopic (exact) mass is 300 g/mol. The van der Waals surface area contributed by atoms with Crippen LogP contribution in [0.2, 0.25) is 0 Å². The van der Waals surface area contributed by atoms with E-state index in [0.717, 1.165) is 18.7 Å². The molecule has 3 rings (SSSR count). The molecule has 1 N–H and O–H groups in total. The molecule has 0 aliphatic carbocycles. The molecule has 1 atom stereocenters. The summed E-state index contributed by atoms with van der Waals surface area (Å²) in [6.07, 6.45) is 3.02. The summed E-state index contributed by atoms with van der Waals surface area (Å²) in [5, 5.41) is 4.05. The Morgan fingerprint density at radius 3 is 2.95 bits per heavy atom. The van der Waals surface area contributed by atoms with E-state index in [2.05, 4.69) is 34.6 Å². The topological polar surface area (TPSA) is 34.1 Å². The molecule has 0 saturated heterocycles. The van der Waals surface area contributed by atoms with Crippen LogP contribution in [0.3, 0.4) is 0 Å². The van der Waals surface area contributed by atoms with Gasteiger partial charge in [0.15, 0.2) is 0 Å². The van der Waals surface area contributed by atoms with E-state index in [0.29, 0.717) is 11.1 Å². The van der Waals surface area contributed by atoms with E-state index in [-0.39, 0.29) is 6.10 Å². The van der Waals surface area contributed by atoms with E-state index in [4.69, 9.17) is 4.74 Å². The summed E-state index contributed by atoms with van der Waals surface area (Å²) in [6.45, 7) is 4.95. The van der Waals surface area contributed by atoms with Gasteiger partial charge in [-0.2, -0.15) is 0 Å². The molecule has 1 aromatic carbocycles. The van der Waals surface area contributed by atoms with Crippen molar-refractivity contribution in [2.24, 2.45) is 0 Å². The highest BCUT2D eigenvalue weighted by molar-refractivity contribution is 8.00. The average Bonchev–Trinajstić information content (AvgIpc) is 2.88. The van der Waals surface area contributed by atoms with Gasteiger partial charge in [0.05, 0.1) is 11.8 Å². The zero-order valence-electron chi connectivity index (χ0n) is 12.4. The molecule has 3 nitrogen and oxygen atoms in total. The van der Waals surface area contributed by atoms with Gasteiger partial charge in [0.25, 0.3) is 0 Å². The van der Waals surface area contributed by atoms with Gasteiger partial charge in [0.1, 0.15) is 0 Å². The fourth-order valence-corrected chi connectivity index (χ4v) is 3.68. The lowest BCUT2D eigenvalue weighted by atomic mass is 10.1. The number of benzene rings is 1. The van der Waals surface area contributed by atoms with E-state index in [1.165, 1.54) is 10.5 Å². The normalized spacial score (nSPS) is 16.8. The number of anilines is 1. The Labute approximate surface area is 130 Å². The van der Waals surface area contributed by atoms with Gasteiger partial charge in [0.2, 0.25) is 5.88 Å². The summed E-state index contributed by atoms with van der Waals surface area (Å²) in [4.78, 5) is 5.72. The molecule has 1 aliphatic heterocycles. The summed E-state index contributed by atoms with van der Waals surface area (Å²) >= 11 is 1.95. The quantitative estimate of drug-likeness (QED) is 0.905. The zero-order valence-corrected chi connectivity index (χ0v) is 13.2. The van der Waals surface area contributed by atoms with Gasteiger partial charge in [-0.25, -0.2) is 4.98 Å². The average molecular weight is 300 g/mol. The lowest BCUT2D eigenvalue weighted by Crippen LogP contribution is -2.17.